The van der Waals surface area contributed by atoms with Crippen molar-refractivity contribution in [1.82, 2.24) is 5.32 Å². The molecule has 98 valence electrons. The van der Waals surface area contributed by atoms with E-state index in [1.807, 2.05) is 0 Å². The quantitative estimate of drug-likeness (QED) is 0.769. The third-order valence-corrected chi connectivity index (χ3v) is 2.74. The molecule has 0 bridgehead atoms. The molecule has 17 heavy (non-hydrogen) atoms. The Morgan fingerprint density at radius 3 is 2.35 bits per heavy atom. The molecule has 1 amide bonds. The Labute approximate surface area is 94.9 Å². The van der Waals surface area contributed by atoms with Gasteiger partial charge in [0.1, 0.15) is 0 Å². The van der Waals surface area contributed by atoms with Crippen LogP contribution in [0, 0.1) is 5.41 Å². The Morgan fingerprint density at radius 1 is 1.47 bits per heavy atom. The summed E-state index contributed by atoms with van der Waals surface area (Å²) in [6, 6.07) is -0.768. The fraction of sp³-hybridized carbons (Fsp3) is 0.778. The highest BCUT2D eigenvalue weighted by Gasteiger charge is 2.52. The van der Waals surface area contributed by atoms with E-state index in [0.29, 0.717) is 0 Å². The molecule has 0 saturated heterocycles. The lowest BCUT2D eigenvalue weighted by atomic mass is 9.66. The zero-order valence-electron chi connectivity index (χ0n) is 9.00. The van der Waals surface area contributed by atoms with Crippen LogP contribution < -0.4 is 5.32 Å². The highest BCUT2D eigenvalue weighted by atomic mass is 19.4. The standard InChI is InChI=1S/C9H12F3NO4/c1-17-4-8(7(15)16)2-5(3-8)13-6(14)9(10,11)12/h5H,2-4H2,1H3,(H,13,14)(H,15,16). The number of methoxy groups -OCH3 is 1. The van der Waals surface area contributed by atoms with Gasteiger partial charge in [0.15, 0.2) is 0 Å². The van der Waals surface area contributed by atoms with Gasteiger partial charge in [-0.2, -0.15) is 13.2 Å². The van der Waals surface area contributed by atoms with Crippen molar-refractivity contribution in [3.63, 3.8) is 0 Å². The number of amides is 1. The normalized spacial score (nSPS) is 28.4. The zero-order chi connectivity index (χ0) is 13.3. The molecule has 0 aromatic heterocycles. The summed E-state index contributed by atoms with van der Waals surface area (Å²) in [5, 5.41) is 10.7. The molecule has 1 aliphatic carbocycles. The number of halogens is 3. The molecule has 0 unspecified atom stereocenters. The summed E-state index contributed by atoms with van der Waals surface area (Å²) >= 11 is 0. The highest BCUT2D eigenvalue weighted by Crippen LogP contribution is 2.42. The Bertz CT molecular complexity index is 323. The van der Waals surface area contributed by atoms with E-state index >= 15 is 0 Å². The van der Waals surface area contributed by atoms with Gasteiger partial charge in [-0.3, -0.25) is 9.59 Å². The van der Waals surface area contributed by atoms with Gasteiger partial charge in [0.05, 0.1) is 12.0 Å². The molecule has 1 saturated carbocycles. The van der Waals surface area contributed by atoms with Gasteiger partial charge < -0.3 is 15.2 Å². The van der Waals surface area contributed by atoms with E-state index in [0.717, 1.165) is 0 Å². The van der Waals surface area contributed by atoms with Crippen molar-refractivity contribution in [2.45, 2.75) is 25.1 Å². The van der Waals surface area contributed by atoms with E-state index in [1.165, 1.54) is 7.11 Å². The molecule has 0 aliphatic heterocycles. The fourth-order valence-electron chi connectivity index (χ4n) is 1.88. The summed E-state index contributed by atoms with van der Waals surface area (Å²) in [4.78, 5) is 21.5. The van der Waals surface area contributed by atoms with Gasteiger partial charge in [-0.25, -0.2) is 0 Å². The minimum atomic E-state index is -4.94. The molecule has 1 aliphatic rings. The second-order valence-corrected chi connectivity index (χ2v) is 4.09. The summed E-state index contributed by atoms with van der Waals surface area (Å²) in [5.41, 5.74) is -1.18. The van der Waals surface area contributed by atoms with Gasteiger partial charge in [-0.05, 0) is 12.8 Å². The van der Waals surface area contributed by atoms with Crippen LogP contribution in [0.5, 0.6) is 0 Å². The van der Waals surface area contributed by atoms with E-state index < -0.39 is 29.5 Å². The summed E-state index contributed by atoms with van der Waals surface area (Å²) < 4.78 is 40.5. The van der Waals surface area contributed by atoms with Crippen molar-refractivity contribution < 1.29 is 32.6 Å². The SMILES string of the molecule is COCC1(C(=O)O)CC(NC(=O)C(F)(F)F)C1. The van der Waals surface area contributed by atoms with Crippen LogP contribution >= 0.6 is 0 Å². The summed E-state index contributed by atoms with van der Waals surface area (Å²) in [6.45, 7) is -0.0826. The maximum absolute atomic E-state index is 11.9. The average Bonchev–Trinajstić information content (AvgIpc) is 2.11. The number of carbonyl (C=O) groups is 2. The van der Waals surface area contributed by atoms with Gasteiger partial charge in [0.25, 0.3) is 0 Å². The molecule has 1 fully saturated rings. The van der Waals surface area contributed by atoms with Crippen LogP contribution in [0.15, 0.2) is 0 Å². The molecule has 0 atom stereocenters. The predicted octanol–water partition coefficient (Wildman–Crippen LogP) is 0.545. The van der Waals surface area contributed by atoms with Gasteiger partial charge in [0.2, 0.25) is 0 Å². The third-order valence-electron chi connectivity index (χ3n) is 2.74. The second kappa shape index (κ2) is 4.52. The number of carbonyl (C=O) groups excluding carboxylic acids is 1. The molecule has 0 aromatic carbocycles. The number of ether oxygens (including phenoxy) is 1. The van der Waals surface area contributed by atoms with Crippen molar-refractivity contribution in [2.24, 2.45) is 5.41 Å². The average molecular weight is 255 g/mol. The smallest absolute Gasteiger partial charge is 0.471 e. The third kappa shape index (κ3) is 2.87. The second-order valence-electron chi connectivity index (χ2n) is 4.09. The number of hydrogen-bond acceptors (Lipinski definition) is 3. The van der Waals surface area contributed by atoms with Crippen LogP contribution in [-0.2, 0) is 14.3 Å². The molecular formula is C9H12F3NO4. The summed E-state index contributed by atoms with van der Waals surface area (Å²) in [6.07, 6.45) is -5.06. The van der Waals surface area contributed by atoms with E-state index in [1.54, 1.807) is 5.32 Å². The lowest BCUT2D eigenvalue weighted by Gasteiger charge is -2.43. The first-order valence-electron chi connectivity index (χ1n) is 4.81. The number of carboxylic acids is 1. The minimum absolute atomic E-state index is 0.0575. The predicted molar refractivity (Wildman–Crippen MR) is 49.2 cm³/mol. The van der Waals surface area contributed by atoms with Crippen molar-refractivity contribution in [2.75, 3.05) is 13.7 Å². The minimum Gasteiger partial charge on any atom is -0.481 e. The Morgan fingerprint density at radius 2 is 2.00 bits per heavy atom. The summed E-state index contributed by atoms with van der Waals surface area (Å²) in [7, 11) is 1.31. The number of aliphatic carboxylic acids is 1. The molecule has 1 rings (SSSR count). The number of alkyl halides is 3. The lowest BCUT2D eigenvalue weighted by molar-refractivity contribution is -0.178. The van der Waals surface area contributed by atoms with E-state index in [-0.39, 0.29) is 19.4 Å². The van der Waals surface area contributed by atoms with Crippen LogP contribution in [0.25, 0.3) is 0 Å². The van der Waals surface area contributed by atoms with Crippen molar-refractivity contribution in [3.05, 3.63) is 0 Å². The van der Waals surface area contributed by atoms with Crippen LogP contribution in [0.2, 0.25) is 0 Å². The first-order valence-corrected chi connectivity index (χ1v) is 4.81. The van der Waals surface area contributed by atoms with Gasteiger partial charge in [-0.1, -0.05) is 0 Å². The molecule has 8 heteroatoms. The summed E-state index contributed by atoms with van der Waals surface area (Å²) in [5.74, 6) is -3.17. The van der Waals surface area contributed by atoms with Crippen LogP contribution in [0.1, 0.15) is 12.8 Å². The number of rotatable bonds is 4. The van der Waals surface area contributed by atoms with Crippen molar-refractivity contribution in [3.8, 4) is 0 Å². The number of hydrogen-bond donors (Lipinski definition) is 2. The van der Waals surface area contributed by atoms with Crippen LogP contribution in [0.3, 0.4) is 0 Å². The Kier molecular flexibility index (Phi) is 3.65. The van der Waals surface area contributed by atoms with E-state index in [2.05, 4.69) is 0 Å². The van der Waals surface area contributed by atoms with Crippen LogP contribution in [0.4, 0.5) is 13.2 Å². The number of nitrogens with one attached hydrogen (secondary N) is 1. The first-order chi connectivity index (χ1) is 7.71. The molecule has 5 nitrogen and oxygen atoms in total. The maximum Gasteiger partial charge on any atom is 0.471 e. The highest BCUT2D eigenvalue weighted by molar-refractivity contribution is 5.83. The molecule has 0 radical (unpaired) electrons. The first kappa shape index (κ1) is 13.8. The van der Waals surface area contributed by atoms with Crippen molar-refractivity contribution >= 4 is 11.9 Å². The molecule has 2 N–H and O–H groups in total. The van der Waals surface area contributed by atoms with Gasteiger partial charge >= 0.3 is 18.1 Å². The lowest BCUT2D eigenvalue weighted by Crippen LogP contribution is -2.58. The van der Waals surface area contributed by atoms with Crippen LogP contribution in [-0.4, -0.2) is 42.9 Å². The van der Waals surface area contributed by atoms with E-state index in [9.17, 15) is 22.8 Å². The van der Waals surface area contributed by atoms with E-state index in [4.69, 9.17) is 9.84 Å². The van der Waals surface area contributed by atoms with Gasteiger partial charge in [0, 0.05) is 13.2 Å². The maximum atomic E-state index is 11.9. The fourth-order valence-corrected chi connectivity index (χ4v) is 1.88. The molecule has 0 spiro atoms. The molecular weight excluding hydrogens is 243 g/mol. The zero-order valence-corrected chi connectivity index (χ0v) is 9.00. The monoisotopic (exact) mass is 255 g/mol. The topological polar surface area (TPSA) is 75.6 Å². The van der Waals surface area contributed by atoms with Gasteiger partial charge in [-0.15, -0.1) is 0 Å². The largest absolute Gasteiger partial charge is 0.481 e. The van der Waals surface area contributed by atoms with Crippen molar-refractivity contribution in [1.29, 1.82) is 0 Å². The number of carboxylic acid groups (broad SMARTS) is 1. The Balaban J connectivity index is 2.50. The molecule has 0 aromatic rings. The molecule has 0 heterocycles. The Hall–Kier alpha value is -1.31.